The van der Waals surface area contributed by atoms with Crippen molar-refractivity contribution in [3.63, 3.8) is 0 Å². The Morgan fingerprint density at radius 2 is 2.07 bits per heavy atom. The highest BCUT2D eigenvalue weighted by molar-refractivity contribution is 7.99. The van der Waals surface area contributed by atoms with Crippen molar-refractivity contribution >= 4 is 40.2 Å². The van der Waals surface area contributed by atoms with Gasteiger partial charge in [-0.05, 0) is 44.2 Å². The highest BCUT2D eigenvalue weighted by atomic mass is 35.5. The third-order valence-corrected chi connectivity index (χ3v) is 6.08. The average molecular weight is 430 g/mol. The highest BCUT2D eigenvalue weighted by Crippen LogP contribution is 2.40. The standard InChI is InChI=1S/C21H17ClFN3O2S/c1-3-25-11-16(10-24-25)26-12(2)20(18-5-4-14(22)8-19(18)26)29-17-7-13(21(27)28)6-15(23)9-17/h4-11H,3H2,1-2H3,(H,27,28). The van der Waals surface area contributed by atoms with Gasteiger partial charge in [-0.25, -0.2) is 9.18 Å². The zero-order chi connectivity index (χ0) is 20.7. The molecule has 0 fully saturated rings. The van der Waals surface area contributed by atoms with E-state index in [0.717, 1.165) is 39.8 Å². The number of halogens is 2. The van der Waals surface area contributed by atoms with Crippen molar-refractivity contribution in [2.24, 2.45) is 0 Å². The molecule has 0 amide bonds. The van der Waals surface area contributed by atoms with Crippen LogP contribution in [0.5, 0.6) is 0 Å². The lowest BCUT2D eigenvalue weighted by Crippen LogP contribution is -1.97. The third-order valence-electron chi connectivity index (χ3n) is 4.65. The van der Waals surface area contributed by atoms with Gasteiger partial charge in [-0.2, -0.15) is 5.10 Å². The van der Waals surface area contributed by atoms with Crippen LogP contribution in [0.25, 0.3) is 16.6 Å². The quantitative estimate of drug-likeness (QED) is 0.435. The van der Waals surface area contributed by atoms with E-state index in [9.17, 15) is 14.3 Å². The van der Waals surface area contributed by atoms with Gasteiger partial charge in [0.1, 0.15) is 5.82 Å². The molecule has 8 heteroatoms. The Kier molecular flexibility index (Phi) is 5.10. The molecular formula is C21H17ClFN3O2S. The smallest absolute Gasteiger partial charge is 0.335 e. The van der Waals surface area contributed by atoms with E-state index in [1.165, 1.54) is 23.9 Å². The van der Waals surface area contributed by atoms with E-state index >= 15 is 0 Å². The van der Waals surface area contributed by atoms with Crippen LogP contribution in [0.2, 0.25) is 5.02 Å². The molecule has 0 aliphatic rings. The predicted octanol–water partition coefficient (Wildman–Crippen LogP) is 5.80. The number of carboxylic acid groups (broad SMARTS) is 1. The van der Waals surface area contributed by atoms with Gasteiger partial charge in [0.2, 0.25) is 0 Å². The van der Waals surface area contributed by atoms with Crippen molar-refractivity contribution in [3.8, 4) is 5.69 Å². The highest BCUT2D eigenvalue weighted by Gasteiger charge is 2.19. The largest absolute Gasteiger partial charge is 0.478 e. The molecule has 0 aliphatic carbocycles. The zero-order valence-corrected chi connectivity index (χ0v) is 17.3. The molecule has 0 saturated carbocycles. The van der Waals surface area contributed by atoms with E-state index in [1.807, 2.05) is 36.9 Å². The van der Waals surface area contributed by atoms with Gasteiger partial charge in [-0.15, -0.1) is 0 Å². The van der Waals surface area contributed by atoms with Gasteiger partial charge in [-0.3, -0.25) is 4.68 Å². The van der Waals surface area contributed by atoms with Crippen molar-refractivity contribution in [1.82, 2.24) is 14.3 Å². The number of fused-ring (bicyclic) bond motifs is 1. The van der Waals surface area contributed by atoms with Crippen LogP contribution >= 0.6 is 23.4 Å². The summed E-state index contributed by atoms with van der Waals surface area (Å²) in [5, 5.41) is 15.1. The van der Waals surface area contributed by atoms with E-state index in [4.69, 9.17) is 11.6 Å². The minimum absolute atomic E-state index is 0.0823. The summed E-state index contributed by atoms with van der Waals surface area (Å²) in [5.41, 5.74) is 2.65. The molecule has 29 heavy (non-hydrogen) atoms. The molecule has 0 bridgehead atoms. The first kappa shape index (κ1) is 19.5. The lowest BCUT2D eigenvalue weighted by Gasteiger charge is -2.07. The summed E-state index contributed by atoms with van der Waals surface area (Å²) in [5.74, 6) is -1.75. The van der Waals surface area contributed by atoms with Gasteiger partial charge in [-0.1, -0.05) is 29.4 Å². The van der Waals surface area contributed by atoms with Crippen LogP contribution < -0.4 is 0 Å². The van der Waals surface area contributed by atoms with Crippen molar-refractivity contribution in [3.05, 3.63) is 70.9 Å². The van der Waals surface area contributed by atoms with E-state index in [0.29, 0.717) is 9.92 Å². The Morgan fingerprint density at radius 1 is 1.28 bits per heavy atom. The maximum atomic E-state index is 14.0. The molecule has 1 N–H and O–H groups in total. The van der Waals surface area contributed by atoms with Gasteiger partial charge in [0.25, 0.3) is 0 Å². The Morgan fingerprint density at radius 3 is 2.76 bits per heavy atom. The molecule has 0 atom stereocenters. The molecule has 148 valence electrons. The number of aryl methyl sites for hydroxylation is 1. The normalized spacial score (nSPS) is 11.3. The maximum absolute atomic E-state index is 14.0. The second-order valence-corrected chi connectivity index (χ2v) is 8.07. The van der Waals surface area contributed by atoms with Crippen molar-refractivity contribution < 1.29 is 14.3 Å². The number of carbonyl (C=O) groups is 1. The molecule has 0 radical (unpaired) electrons. The fourth-order valence-electron chi connectivity index (χ4n) is 3.32. The SMILES string of the molecule is CCn1cc(-n2c(C)c(Sc3cc(F)cc(C(=O)O)c3)c3ccc(Cl)cc32)cn1. The van der Waals surface area contributed by atoms with Gasteiger partial charge in [0, 0.05) is 38.6 Å². The van der Waals surface area contributed by atoms with Crippen molar-refractivity contribution in [2.45, 2.75) is 30.2 Å². The summed E-state index contributed by atoms with van der Waals surface area (Å²) in [6, 6.07) is 9.44. The lowest BCUT2D eigenvalue weighted by molar-refractivity contribution is 0.0696. The number of rotatable bonds is 5. The summed E-state index contributed by atoms with van der Waals surface area (Å²) >= 11 is 7.58. The number of carboxylic acids is 1. The number of nitrogens with zero attached hydrogens (tertiary/aromatic N) is 3. The first-order valence-corrected chi connectivity index (χ1v) is 10.1. The second kappa shape index (κ2) is 7.57. The Hall–Kier alpha value is -2.77. The molecule has 0 unspecified atom stereocenters. The molecule has 0 aliphatic heterocycles. The van der Waals surface area contributed by atoms with Crippen molar-refractivity contribution in [1.29, 1.82) is 0 Å². The van der Waals surface area contributed by atoms with E-state index < -0.39 is 11.8 Å². The lowest BCUT2D eigenvalue weighted by atomic mass is 10.2. The van der Waals surface area contributed by atoms with Gasteiger partial charge in [0.15, 0.2) is 0 Å². The minimum Gasteiger partial charge on any atom is -0.478 e. The summed E-state index contributed by atoms with van der Waals surface area (Å²) < 4.78 is 17.9. The van der Waals surface area contributed by atoms with E-state index in [1.54, 1.807) is 12.3 Å². The van der Waals surface area contributed by atoms with Crippen LogP contribution in [0, 0.1) is 12.7 Å². The van der Waals surface area contributed by atoms with Crippen molar-refractivity contribution in [2.75, 3.05) is 0 Å². The van der Waals surface area contributed by atoms with E-state index in [-0.39, 0.29) is 5.56 Å². The molecule has 5 nitrogen and oxygen atoms in total. The summed E-state index contributed by atoms with van der Waals surface area (Å²) in [6.45, 7) is 4.73. The Balaban J connectivity index is 1.90. The molecule has 2 aromatic heterocycles. The number of hydrogen-bond acceptors (Lipinski definition) is 3. The summed E-state index contributed by atoms with van der Waals surface area (Å²) in [4.78, 5) is 12.7. The van der Waals surface area contributed by atoms with Crippen LogP contribution in [0.15, 0.2) is 58.6 Å². The number of hydrogen-bond donors (Lipinski definition) is 1. The Bertz CT molecular complexity index is 1250. The number of aromatic carboxylic acids is 1. The second-order valence-electron chi connectivity index (χ2n) is 6.55. The van der Waals surface area contributed by atoms with Crippen LogP contribution in [0.4, 0.5) is 4.39 Å². The Labute approximate surface area is 175 Å². The van der Waals surface area contributed by atoms with Gasteiger partial charge >= 0.3 is 5.97 Å². The predicted molar refractivity (Wildman–Crippen MR) is 112 cm³/mol. The van der Waals surface area contributed by atoms with Gasteiger partial charge < -0.3 is 9.67 Å². The fourth-order valence-corrected chi connectivity index (χ4v) is 4.61. The minimum atomic E-state index is -1.16. The summed E-state index contributed by atoms with van der Waals surface area (Å²) in [6.07, 6.45) is 3.74. The third kappa shape index (κ3) is 3.63. The zero-order valence-electron chi connectivity index (χ0n) is 15.7. The first-order valence-electron chi connectivity index (χ1n) is 8.92. The number of benzene rings is 2. The molecule has 2 heterocycles. The van der Waals surface area contributed by atoms with Crippen LogP contribution in [0.3, 0.4) is 0 Å². The first-order chi connectivity index (χ1) is 13.9. The summed E-state index contributed by atoms with van der Waals surface area (Å²) in [7, 11) is 0. The topological polar surface area (TPSA) is 60.0 Å². The molecule has 4 rings (SSSR count). The van der Waals surface area contributed by atoms with Crippen LogP contribution in [-0.2, 0) is 6.54 Å². The molecule has 0 spiro atoms. The van der Waals surface area contributed by atoms with Crippen LogP contribution in [0.1, 0.15) is 23.0 Å². The van der Waals surface area contributed by atoms with E-state index in [2.05, 4.69) is 9.67 Å². The average Bonchev–Trinajstić information content (AvgIpc) is 3.24. The molecule has 0 saturated heterocycles. The fraction of sp³-hybridized carbons (Fsp3) is 0.143. The molecule has 4 aromatic rings. The molecule has 2 aromatic carbocycles. The maximum Gasteiger partial charge on any atom is 0.335 e. The molecular weight excluding hydrogens is 413 g/mol. The van der Waals surface area contributed by atoms with Crippen LogP contribution in [-0.4, -0.2) is 25.4 Å². The number of aromatic nitrogens is 3. The monoisotopic (exact) mass is 429 g/mol. The van der Waals surface area contributed by atoms with Gasteiger partial charge in [0.05, 0.1) is 23.0 Å².